The Labute approximate surface area is 199 Å². The van der Waals surface area contributed by atoms with Crippen molar-refractivity contribution in [3.63, 3.8) is 0 Å². The summed E-state index contributed by atoms with van der Waals surface area (Å²) >= 11 is 0. The minimum atomic E-state index is -0.291. The van der Waals surface area contributed by atoms with Gasteiger partial charge in [0.1, 0.15) is 5.69 Å². The van der Waals surface area contributed by atoms with Crippen molar-refractivity contribution >= 4 is 28.3 Å². The molecule has 2 amide bonds. The van der Waals surface area contributed by atoms with Gasteiger partial charge in [0.05, 0.1) is 18.0 Å². The highest BCUT2D eigenvalue weighted by Gasteiger charge is 2.20. The Morgan fingerprint density at radius 3 is 2.68 bits per heavy atom. The zero-order valence-electron chi connectivity index (χ0n) is 19.6. The molecule has 0 aliphatic carbocycles. The third-order valence-corrected chi connectivity index (χ3v) is 6.17. The zero-order chi connectivity index (χ0) is 24.1. The lowest BCUT2D eigenvalue weighted by Crippen LogP contribution is -2.43. The standard InChI is InChI=1S/C27H30N4O3/c1-4-25(32)30-26-20(17-34-3)11-9-18-8-10-19(16-22(18)26)23-6-5-7-24(29-23)27(33)28-21-12-14-31(2)15-13-21/h4-11,16,21H,1,12-15,17H2,2-3H3,(H,28,33)(H,30,32). The number of amides is 2. The molecule has 0 saturated carbocycles. The lowest BCUT2D eigenvalue weighted by Gasteiger charge is -2.29. The molecule has 4 rings (SSSR count). The number of hydrogen-bond acceptors (Lipinski definition) is 5. The number of piperidine rings is 1. The van der Waals surface area contributed by atoms with Crippen molar-refractivity contribution in [2.45, 2.75) is 25.5 Å². The van der Waals surface area contributed by atoms with Gasteiger partial charge in [-0.3, -0.25) is 9.59 Å². The fourth-order valence-electron chi connectivity index (χ4n) is 4.26. The van der Waals surface area contributed by atoms with E-state index in [9.17, 15) is 9.59 Å². The predicted octanol–water partition coefficient (Wildman–Crippen LogP) is 4.00. The van der Waals surface area contributed by atoms with Gasteiger partial charge >= 0.3 is 0 Å². The van der Waals surface area contributed by atoms with Gasteiger partial charge in [-0.15, -0.1) is 0 Å². The number of nitrogens with one attached hydrogen (secondary N) is 2. The number of aromatic nitrogens is 1. The number of carbonyl (C=O) groups excluding carboxylic acids is 2. The molecule has 0 spiro atoms. The molecule has 176 valence electrons. The molecular formula is C27H30N4O3. The van der Waals surface area contributed by atoms with Crippen molar-refractivity contribution in [2.75, 3.05) is 32.6 Å². The van der Waals surface area contributed by atoms with Gasteiger partial charge in [-0.25, -0.2) is 4.98 Å². The number of fused-ring (bicyclic) bond motifs is 1. The van der Waals surface area contributed by atoms with Crippen LogP contribution in [0, 0.1) is 0 Å². The van der Waals surface area contributed by atoms with Crippen molar-refractivity contribution < 1.29 is 14.3 Å². The van der Waals surface area contributed by atoms with E-state index < -0.39 is 0 Å². The van der Waals surface area contributed by atoms with E-state index in [0.717, 1.165) is 47.8 Å². The van der Waals surface area contributed by atoms with E-state index in [4.69, 9.17) is 4.74 Å². The minimum absolute atomic E-state index is 0.154. The van der Waals surface area contributed by atoms with Crippen LogP contribution in [0.5, 0.6) is 0 Å². The maximum Gasteiger partial charge on any atom is 0.270 e. The Hall–Kier alpha value is -3.55. The Morgan fingerprint density at radius 1 is 1.18 bits per heavy atom. The maximum absolute atomic E-state index is 12.9. The third kappa shape index (κ3) is 5.32. The monoisotopic (exact) mass is 458 g/mol. The first-order chi connectivity index (χ1) is 16.5. The van der Waals surface area contributed by atoms with Crippen LogP contribution < -0.4 is 10.6 Å². The highest BCUT2D eigenvalue weighted by Crippen LogP contribution is 2.32. The molecule has 0 unspecified atom stereocenters. The molecule has 7 nitrogen and oxygen atoms in total. The first-order valence-electron chi connectivity index (χ1n) is 11.4. The topological polar surface area (TPSA) is 83.6 Å². The summed E-state index contributed by atoms with van der Waals surface area (Å²) in [5, 5.41) is 7.88. The second kappa shape index (κ2) is 10.6. The number of anilines is 1. The van der Waals surface area contributed by atoms with Crippen LogP contribution >= 0.6 is 0 Å². The summed E-state index contributed by atoms with van der Waals surface area (Å²) in [7, 11) is 3.71. The van der Waals surface area contributed by atoms with Crippen molar-refractivity contribution in [1.82, 2.24) is 15.2 Å². The van der Waals surface area contributed by atoms with Gasteiger partial charge in [0.2, 0.25) is 5.91 Å². The molecule has 0 bridgehead atoms. The summed E-state index contributed by atoms with van der Waals surface area (Å²) in [6.07, 6.45) is 3.12. The fraction of sp³-hybridized carbons (Fsp3) is 0.296. The summed E-state index contributed by atoms with van der Waals surface area (Å²) in [5.74, 6) is -0.445. The normalized spacial score (nSPS) is 14.6. The third-order valence-electron chi connectivity index (χ3n) is 6.17. The molecule has 2 heterocycles. The van der Waals surface area contributed by atoms with Gasteiger partial charge in [0.25, 0.3) is 5.91 Å². The van der Waals surface area contributed by atoms with Crippen LogP contribution in [0.4, 0.5) is 5.69 Å². The Kier molecular flexibility index (Phi) is 7.35. The summed E-state index contributed by atoms with van der Waals surface area (Å²) < 4.78 is 5.32. The number of hydrogen-bond donors (Lipinski definition) is 2. The average Bonchev–Trinajstić information content (AvgIpc) is 2.86. The second-order valence-corrected chi connectivity index (χ2v) is 8.62. The second-order valence-electron chi connectivity index (χ2n) is 8.62. The van der Waals surface area contributed by atoms with Crippen molar-refractivity contribution in [3.8, 4) is 11.3 Å². The van der Waals surface area contributed by atoms with Gasteiger partial charge in [-0.1, -0.05) is 36.9 Å². The Balaban J connectivity index is 1.65. The van der Waals surface area contributed by atoms with Crippen LogP contribution in [0.1, 0.15) is 28.9 Å². The predicted molar refractivity (Wildman–Crippen MR) is 135 cm³/mol. The zero-order valence-corrected chi connectivity index (χ0v) is 19.6. The van der Waals surface area contributed by atoms with Crippen LogP contribution in [-0.2, 0) is 16.1 Å². The van der Waals surface area contributed by atoms with E-state index >= 15 is 0 Å². The van der Waals surface area contributed by atoms with Crippen LogP contribution in [0.15, 0.2) is 61.2 Å². The summed E-state index contributed by atoms with van der Waals surface area (Å²) in [6.45, 7) is 5.87. The number of ether oxygens (including phenoxy) is 1. The number of methoxy groups -OCH3 is 1. The molecule has 3 aromatic rings. The number of likely N-dealkylation sites (tertiary alicyclic amines) is 1. The molecule has 0 atom stereocenters. The number of pyridine rings is 1. The van der Waals surface area contributed by atoms with E-state index in [2.05, 4.69) is 34.1 Å². The fourth-order valence-corrected chi connectivity index (χ4v) is 4.26. The smallest absolute Gasteiger partial charge is 0.270 e. The van der Waals surface area contributed by atoms with E-state index in [-0.39, 0.29) is 17.9 Å². The lowest BCUT2D eigenvalue weighted by atomic mass is 10.00. The largest absolute Gasteiger partial charge is 0.380 e. The van der Waals surface area contributed by atoms with Gasteiger partial charge in [0, 0.05) is 29.7 Å². The first-order valence-corrected chi connectivity index (χ1v) is 11.4. The number of rotatable bonds is 7. The Bertz CT molecular complexity index is 1220. The average molecular weight is 459 g/mol. The summed E-state index contributed by atoms with van der Waals surface area (Å²) in [4.78, 5) is 31.9. The SMILES string of the molecule is C=CC(=O)Nc1c(COC)ccc2ccc(-c3cccc(C(=O)NC4CCN(C)CC4)n3)cc12. The number of benzene rings is 2. The molecule has 2 N–H and O–H groups in total. The van der Waals surface area contributed by atoms with E-state index in [0.29, 0.717) is 23.7 Å². The molecule has 7 heteroatoms. The van der Waals surface area contributed by atoms with E-state index in [1.165, 1.54) is 6.08 Å². The molecule has 1 fully saturated rings. The van der Waals surface area contributed by atoms with Crippen LogP contribution in [-0.4, -0.2) is 55.0 Å². The van der Waals surface area contributed by atoms with Crippen molar-refractivity contribution in [2.24, 2.45) is 0 Å². The molecule has 34 heavy (non-hydrogen) atoms. The molecule has 1 aromatic heterocycles. The summed E-state index contributed by atoms with van der Waals surface area (Å²) in [6, 6.07) is 15.5. The number of carbonyl (C=O) groups is 2. The highest BCUT2D eigenvalue weighted by molar-refractivity contribution is 6.07. The molecule has 1 saturated heterocycles. The van der Waals surface area contributed by atoms with Crippen LogP contribution in [0.2, 0.25) is 0 Å². The van der Waals surface area contributed by atoms with Crippen LogP contribution in [0.25, 0.3) is 22.0 Å². The van der Waals surface area contributed by atoms with Crippen molar-refractivity contribution in [3.05, 3.63) is 72.4 Å². The quantitative estimate of drug-likeness (QED) is 0.523. The summed E-state index contributed by atoms with van der Waals surface area (Å²) in [5.41, 5.74) is 3.48. The Morgan fingerprint density at radius 2 is 1.94 bits per heavy atom. The maximum atomic E-state index is 12.9. The molecule has 2 aromatic carbocycles. The highest BCUT2D eigenvalue weighted by atomic mass is 16.5. The molecule has 0 radical (unpaired) electrons. The van der Waals surface area contributed by atoms with Crippen LogP contribution in [0.3, 0.4) is 0 Å². The lowest BCUT2D eigenvalue weighted by molar-refractivity contribution is -0.111. The van der Waals surface area contributed by atoms with Gasteiger partial charge in [-0.2, -0.15) is 0 Å². The molecule has 1 aliphatic rings. The van der Waals surface area contributed by atoms with Gasteiger partial charge < -0.3 is 20.3 Å². The molecule has 1 aliphatic heterocycles. The molecular weight excluding hydrogens is 428 g/mol. The number of nitrogens with zero attached hydrogens (tertiary/aromatic N) is 2. The van der Waals surface area contributed by atoms with E-state index in [1.54, 1.807) is 13.2 Å². The van der Waals surface area contributed by atoms with Gasteiger partial charge in [0.15, 0.2) is 0 Å². The van der Waals surface area contributed by atoms with Gasteiger partial charge in [-0.05, 0) is 62.6 Å². The van der Waals surface area contributed by atoms with E-state index in [1.807, 2.05) is 42.5 Å². The first kappa shape index (κ1) is 23.6. The minimum Gasteiger partial charge on any atom is -0.380 e. The van der Waals surface area contributed by atoms with Crippen molar-refractivity contribution in [1.29, 1.82) is 0 Å².